The Kier molecular flexibility index (Phi) is 4.48. The van der Waals surface area contributed by atoms with Crippen LogP contribution in [0.3, 0.4) is 0 Å². The number of nitrogens with zero attached hydrogens (tertiary/aromatic N) is 1. The van der Waals surface area contributed by atoms with Crippen LogP contribution in [0.4, 0.5) is 5.69 Å². The molecule has 0 amide bonds. The second kappa shape index (κ2) is 5.93. The molecule has 0 bridgehead atoms. The topological polar surface area (TPSA) is 32.7 Å². The summed E-state index contributed by atoms with van der Waals surface area (Å²) in [4.78, 5) is 2.44. The third-order valence-corrected chi connectivity index (χ3v) is 3.74. The van der Waals surface area contributed by atoms with Crippen LogP contribution < -0.4 is 4.90 Å². The van der Waals surface area contributed by atoms with Crippen molar-refractivity contribution in [2.45, 2.75) is 33.3 Å². The summed E-state index contributed by atoms with van der Waals surface area (Å²) >= 11 is 0. The van der Waals surface area contributed by atoms with Gasteiger partial charge in [-0.15, -0.1) is 0 Å². The Hall–Kier alpha value is -1.06. The molecule has 2 rings (SSSR count). The highest BCUT2D eigenvalue weighted by molar-refractivity contribution is 5.58. The van der Waals surface area contributed by atoms with Gasteiger partial charge in [-0.2, -0.15) is 0 Å². The van der Waals surface area contributed by atoms with Gasteiger partial charge in [0.05, 0.1) is 6.61 Å². The zero-order valence-corrected chi connectivity index (χ0v) is 12.3. The number of rotatable bonds is 5. The molecule has 0 radical (unpaired) electrons. The number of anilines is 1. The van der Waals surface area contributed by atoms with Crippen molar-refractivity contribution in [3.8, 4) is 0 Å². The van der Waals surface area contributed by atoms with Crippen molar-refractivity contribution < 1.29 is 9.84 Å². The maximum atomic E-state index is 9.30. The standard InChI is InChI=1S/C16H25NO2/c1-16(2)10-14-6-5-13(11-18)9-15(14)17(12-16)7-4-8-19-3/h5-6,9,18H,4,7-8,10-12H2,1-3H3. The minimum absolute atomic E-state index is 0.114. The van der Waals surface area contributed by atoms with Crippen LogP contribution in [0.5, 0.6) is 0 Å². The van der Waals surface area contributed by atoms with E-state index in [-0.39, 0.29) is 6.61 Å². The summed E-state index contributed by atoms with van der Waals surface area (Å²) < 4.78 is 5.15. The molecule has 0 saturated heterocycles. The Morgan fingerprint density at radius 2 is 2.16 bits per heavy atom. The van der Waals surface area contributed by atoms with Crippen LogP contribution in [0.15, 0.2) is 18.2 Å². The zero-order valence-electron chi connectivity index (χ0n) is 12.3. The normalized spacial score (nSPS) is 17.4. The molecular weight excluding hydrogens is 238 g/mol. The molecule has 0 unspecified atom stereocenters. The number of hydrogen-bond donors (Lipinski definition) is 1. The minimum Gasteiger partial charge on any atom is -0.392 e. The van der Waals surface area contributed by atoms with Gasteiger partial charge < -0.3 is 14.7 Å². The molecule has 0 aliphatic carbocycles. The fourth-order valence-electron chi connectivity index (χ4n) is 2.92. The molecule has 0 fully saturated rings. The van der Waals surface area contributed by atoms with E-state index < -0.39 is 0 Å². The molecule has 1 aliphatic heterocycles. The first kappa shape index (κ1) is 14.4. The summed E-state index contributed by atoms with van der Waals surface area (Å²) in [5.74, 6) is 0. The number of aliphatic hydroxyl groups is 1. The highest BCUT2D eigenvalue weighted by Crippen LogP contribution is 2.36. The van der Waals surface area contributed by atoms with Crippen LogP contribution in [0.25, 0.3) is 0 Å². The lowest BCUT2D eigenvalue weighted by Crippen LogP contribution is -2.41. The molecule has 106 valence electrons. The van der Waals surface area contributed by atoms with Gasteiger partial charge in [-0.25, -0.2) is 0 Å². The highest BCUT2D eigenvalue weighted by Gasteiger charge is 2.29. The van der Waals surface area contributed by atoms with E-state index in [2.05, 4.69) is 30.9 Å². The van der Waals surface area contributed by atoms with Gasteiger partial charge >= 0.3 is 0 Å². The van der Waals surface area contributed by atoms with Crippen molar-refractivity contribution in [2.24, 2.45) is 5.41 Å². The zero-order chi connectivity index (χ0) is 13.9. The second-order valence-electron chi connectivity index (χ2n) is 6.23. The molecular formula is C16H25NO2. The van der Waals surface area contributed by atoms with Gasteiger partial charge in [0, 0.05) is 32.5 Å². The number of benzene rings is 1. The Labute approximate surface area is 116 Å². The molecule has 0 spiro atoms. The van der Waals surface area contributed by atoms with Crippen molar-refractivity contribution >= 4 is 5.69 Å². The Morgan fingerprint density at radius 3 is 2.84 bits per heavy atom. The fourth-order valence-corrected chi connectivity index (χ4v) is 2.92. The molecule has 1 heterocycles. The van der Waals surface area contributed by atoms with Gasteiger partial charge in [0.25, 0.3) is 0 Å². The molecule has 0 saturated carbocycles. The van der Waals surface area contributed by atoms with E-state index in [1.54, 1.807) is 7.11 Å². The van der Waals surface area contributed by atoms with Crippen LogP contribution in [0.1, 0.15) is 31.4 Å². The third-order valence-electron chi connectivity index (χ3n) is 3.74. The number of ether oxygens (including phenoxy) is 1. The molecule has 1 aromatic rings. The first-order valence-electron chi connectivity index (χ1n) is 7.02. The quantitative estimate of drug-likeness (QED) is 0.829. The van der Waals surface area contributed by atoms with Crippen LogP contribution in [0, 0.1) is 5.41 Å². The van der Waals surface area contributed by atoms with Gasteiger partial charge in [-0.1, -0.05) is 26.0 Å². The van der Waals surface area contributed by atoms with Crippen LogP contribution in [-0.4, -0.2) is 31.9 Å². The molecule has 1 aromatic carbocycles. The molecule has 19 heavy (non-hydrogen) atoms. The van der Waals surface area contributed by atoms with Gasteiger partial charge in [-0.05, 0) is 35.4 Å². The third kappa shape index (κ3) is 3.48. The van der Waals surface area contributed by atoms with Gasteiger partial charge in [0.15, 0.2) is 0 Å². The van der Waals surface area contributed by atoms with Crippen LogP contribution in [0.2, 0.25) is 0 Å². The Bertz CT molecular complexity index is 429. The maximum absolute atomic E-state index is 9.30. The minimum atomic E-state index is 0.114. The molecule has 3 heteroatoms. The Morgan fingerprint density at radius 1 is 1.37 bits per heavy atom. The summed E-state index contributed by atoms with van der Waals surface area (Å²) in [6, 6.07) is 6.34. The number of methoxy groups -OCH3 is 1. The number of fused-ring (bicyclic) bond motifs is 1. The van der Waals surface area contributed by atoms with Gasteiger partial charge in [-0.3, -0.25) is 0 Å². The first-order valence-corrected chi connectivity index (χ1v) is 7.02. The summed E-state index contributed by atoms with van der Waals surface area (Å²) in [5.41, 5.74) is 3.99. The number of hydrogen-bond acceptors (Lipinski definition) is 3. The van der Waals surface area contributed by atoms with Crippen molar-refractivity contribution in [1.82, 2.24) is 0 Å². The molecule has 1 N–H and O–H groups in total. The number of aliphatic hydroxyl groups excluding tert-OH is 1. The molecule has 0 aromatic heterocycles. The molecule has 3 nitrogen and oxygen atoms in total. The average molecular weight is 263 g/mol. The van der Waals surface area contributed by atoms with E-state index in [0.29, 0.717) is 5.41 Å². The van der Waals surface area contributed by atoms with E-state index >= 15 is 0 Å². The van der Waals surface area contributed by atoms with Crippen LogP contribution in [-0.2, 0) is 17.8 Å². The van der Waals surface area contributed by atoms with E-state index in [9.17, 15) is 5.11 Å². The lowest BCUT2D eigenvalue weighted by Gasteiger charge is -2.41. The lowest BCUT2D eigenvalue weighted by molar-refractivity contribution is 0.194. The highest BCUT2D eigenvalue weighted by atomic mass is 16.5. The SMILES string of the molecule is COCCCN1CC(C)(C)Cc2ccc(CO)cc21. The fraction of sp³-hybridized carbons (Fsp3) is 0.625. The average Bonchev–Trinajstić information content (AvgIpc) is 2.37. The van der Waals surface area contributed by atoms with E-state index in [1.165, 1.54) is 11.3 Å². The van der Waals surface area contributed by atoms with Crippen molar-refractivity contribution in [1.29, 1.82) is 0 Å². The summed E-state index contributed by atoms with van der Waals surface area (Å²) in [7, 11) is 1.75. The summed E-state index contributed by atoms with van der Waals surface area (Å²) in [6.07, 6.45) is 2.14. The van der Waals surface area contributed by atoms with Crippen LogP contribution >= 0.6 is 0 Å². The van der Waals surface area contributed by atoms with Gasteiger partial charge in [0.2, 0.25) is 0 Å². The predicted octanol–water partition coefficient (Wildman–Crippen LogP) is 2.60. The maximum Gasteiger partial charge on any atom is 0.0682 e. The largest absolute Gasteiger partial charge is 0.392 e. The van der Waals surface area contributed by atoms with Gasteiger partial charge in [0.1, 0.15) is 0 Å². The van der Waals surface area contributed by atoms with E-state index in [4.69, 9.17) is 4.74 Å². The lowest BCUT2D eigenvalue weighted by atomic mass is 9.80. The van der Waals surface area contributed by atoms with E-state index in [0.717, 1.165) is 38.1 Å². The monoisotopic (exact) mass is 263 g/mol. The molecule has 1 aliphatic rings. The van der Waals surface area contributed by atoms with E-state index in [1.807, 2.05) is 6.07 Å². The van der Waals surface area contributed by atoms with Crippen molar-refractivity contribution in [3.05, 3.63) is 29.3 Å². The smallest absolute Gasteiger partial charge is 0.0682 e. The second-order valence-corrected chi connectivity index (χ2v) is 6.23. The molecule has 0 atom stereocenters. The van der Waals surface area contributed by atoms with Crippen molar-refractivity contribution in [3.63, 3.8) is 0 Å². The Balaban J connectivity index is 2.23. The predicted molar refractivity (Wildman–Crippen MR) is 78.6 cm³/mol. The van der Waals surface area contributed by atoms with Crippen molar-refractivity contribution in [2.75, 3.05) is 31.7 Å². The first-order chi connectivity index (χ1) is 9.05. The summed E-state index contributed by atoms with van der Waals surface area (Å²) in [5, 5.41) is 9.30. The summed E-state index contributed by atoms with van der Waals surface area (Å²) in [6.45, 7) is 7.63.